The van der Waals surface area contributed by atoms with Gasteiger partial charge in [0.25, 0.3) is 5.91 Å². The number of rotatable bonds is 4. The van der Waals surface area contributed by atoms with Crippen LogP contribution in [0.15, 0.2) is 46.0 Å². The predicted octanol–water partition coefficient (Wildman–Crippen LogP) is 4.18. The number of halogens is 2. The Morgan fingerprint density at radius 2 is 2.09 bits per heavy atom. The van der Waals surface area contributed by atoms with Crippen LogP contribution in [-0.2, 0) is 0 Å². The number of hydrogen-bond donors (Lipinski definition) is 1. The summed E-state index contributed by atoms with van der Waals surface area (Å²) in [5.41, 5.74) is 4.66. The van der Waals surface area contributed by atoms with Gasteiger partial charge < -0.3 is 4.74 Å². The fourth-order valence-corrected chi connectivity index (χ4v) is 2.67. The molecule has 0 aromatic heterocycles. The number of hydrazone groups is 1. The predicted molar refractivity (Wildman–Crippen MR) is 91.9 cm³/mol. The van der Waals surface area contributed by atoms with Crippen molar-refractivity contribution in [1.29, 1.82) is 0 Å². The van der Waals surface area contributed by atoms with Gasteiger partial charge in [-0.3, -0.25) is 4.79 Å². The van der Waals surface area contributed by atoms with E-state index >= 15 is 0 Å². The molecule has 0 fully saturated rings. The van der Waals surface area contributed by atoms with E-state index in [1.54, 1.807) is 25.5 Å². The first-order valence-electron chi connectivity index (χ1n) is 6.44. The maximum absolute atomic E-state index is 12.0. The van der Waals surface area contributed by atoms with Crippen molar-refractivity contribution in [2.45, 2.75) is 6.92 Å². The summed E-state index contributed by atoms with van der Waals surface area (Å²) >= 11 is 9.43. The molecule has 1 N–H and O–H groups in total. The van der Waals surface area contributed by atoms with Crippen molar-refractivity contribution in [3.8, 4) is 5.75 Å². The van der Waals surface area contributed by atoms with Crippen LogP contribution in [0.2, 0.25) is 5.02 Å². The van der Waals surface area contributed by atoms with E-state index in [9.17, 15) is 4.79 Å². The van der Waals surface area contributed by atoms with Crippen LogP contribution in [0.1, 0.15) is 21.5 Å². The number of aryl methyl sites for hydroxylation is 1. The Kier molecular flexibility index (Phi) is 5.57. The molecule has 1 amide bonds. The van der Waals surface area contributed by atoms with Crippen molar-refractivity contribution < 1.29 is 9.53 Å². The Morgan fingerprint density at radius 3 is 2.73 bits per heavy atom. The number of carbonyl (C=O) groups excluding carboxylic acids is 1. The Bertz CT molecular complexity index is 732. The van der Waals surface area contributed by atoms with Crippen molar-refractivity contribution in [1.82, 2.24) is 5.43 Å². The third-order valence-electron chi connectivity index (χ3n) is 2.92. The van der Waals surface area contributed by atoms with Crippen LogP contribution in [0.3, 0.4) is 0 Å². The molecule has 0 heterocycles. The smallest absolute Gasteiger partial charge is 0.272 e. The lowest BCUT2D eigenvalue weighted by Gasteiger charge is -2.04. The van der Waals surface area contributed by atoms with E-state index in [4.69, 9.17) is 16.3 Å². The summed E-state index contributed by atoms with van der Waals surface area (Å²) < 4.78 is 5.96. The minimum Gasteiger partial charge on any atom is -0.496 e. The number of amides is 1. The van der Waals surface area contributed by atoms with Crippen LogP contribution in [0.4, 0.5) is 0 Å². The highest BCUT2D eigenvalue weighted by Crippen LogP contribution is 2.24. The zero-order chi connectivity index (χ0) is 16.1. The largest absolute Gasteiger partial charge is 0.496 e. The quantitative estimate of drug-likeness (QED) is 0.638. The highest BCUT2D eigenvalue weighted by Gasteiger charge is 2.09. The zero-order valence-corrected chi connectivity index (χ0v) is 14.4. The van der Waals surface area contributed by atoms with Crippen LogP contribution < -0.4 is 10.2 Å². The van der Waals surface area contributed by atoms with Gasteiger partial charge in [0, 0.05) is 0 Å². The normalized spacial score (nSPS) is 10.7. The number of hydrogen-bond acceptors (Lipinski definition) is 3. The minimum absolute atomic E-state index is 0.353. The fraction of sp³-hybridized carbons (Fsp3) is 0.125. The molecule has 114 valence electrons. The lowest BCUT2D eigenvalue weighted by Crippen LogP contribution is -2.18. The molecule has 0 saturated carbocycles. The van der Waals surface area contributed by atoms with Gasteiger partial charge in [-0.2, -0.15) is 5.10 Å². The topological polar surface area (TPSA) is 50.7 Å². The number of carbonyl (C=O) groups is 1. The number of methoxy groups -OCH3 is 1. The Morgan fingerprint density at radius 1 is 1.32 bits per heavy atom. The molecule has 4 nitrogen and oxygen atoms in total. The molecule has 0 radical (unpaired) electrons. The number of ether oxygens (including phenoxy) is 1. The lowest BCUT2D eigenvalue weighted by molar-refractivity contribution is 0.0955. The van der Waals surface area contributed by atoms with Gasteiger partial charge in [-0.05, 0) is 64.3 Å². The van der Waals surface area contributed by atoms with Gasteiger partial charge in [0.1, 0.15) is 5.75 Å². The van der Waals surface area contributed by atoms with Crippen LogP contribution in [0.5, 0.6) is 5.75 Å². The Balaban J connectivity index is 2.05. The standard InChI is InChI=1S/C16H14BrClN2O2/c1-10-3-5-12(14(18)7-10)16(21)20-19-9-11-4-6-15(22-2)13(17)8-11/h3-9H,1-2H3,(H,20,21)/b19-9-. The van der Waals surface area contributed by atoms with Crippen LogP contribution in [0, 0.1) is 6.92 Å². The van der Waals surface area contributed by atoms with E-state index in [-0.39, 0.29) is 5.91 Å². The molecule has 6 heteroatoms. The van der Waals surface area contributed by atoms with Crippen molar-refractivity contribution in [2.75, 3.05) is 7.11 Å². The molecule has 0 unspecified atom stereocenters. The first-order valence-corrected chi connectivity index (χ1v) is 7.61. The van der Waals surface area contributed by atoms with Gasteiger partial charge in [-0.15, -0.1) is 0 Å². The first-order chi connectivity index (χ1) is 10.5. The molecule has 22 heavy (non-hydrogen) atoms. The lowest BCUT2D eigenvalue weighted by atomic mass is 10.1. The molecule has 2 aromatic rings. The third-order valence-corrected chi connectivity index (χ3v) is 3.86. The minimum atomic E-state index is -0.353. The summed E-state index contributed by atoms with van der Waals surface area (Å²) in [6.07, 6.45) is 1.55. The summed E-state index contributed by atoms with van der Waals surface area (Å²) in [7, 11) is 1.60. The second-order valence-electron chi connectivity index (χ2n) is 4.58. The van der Waals surface area contributed by atoms with Crippen molar-refractivity contribution in [2.24, 2.45) is 5.10 Å². The van der Waals surface area contributed by atoms with Gasteiger partial charge in [0.2, 0.25) is 0 Å². The maximum atomic E-state index is 12.0. The molecular weight excluding hydrogens is 368 g/mol. The summed E-state index contributed by atoms with van der Waals surface area (Å²) in [6, 6.07) is 10.7. The van der Waals surface area contributed by atoms with Crippen LogP contribution in [0.25, 0.3) is 0 Å². The number of benzene rings is 2. The molecule has 0 saturated heterocycles. The van der Waals surface area contributed by atoms with Crippen LogP contribution in [-0.4, -0.2) is 19.2 Å². The molecule has 0 aliphatic heterocycles. The first kappa shape index (κ1) is 16.5. The number of nitrogens with zero attached hydrogens (tertiary/aromatic N) is 1. The third kappa shape index (κ3) is 4.08. The molecule has 2 aromatic carbocycles. The Labute approximate surface area is 142 Å². The van der Waals surface area contributed by atoms with E-state index in [0.29, 0.717) is 10.6 Å². The van der Waals surface area contributed by atoms with Crippen molar-refractivity contribution in [3.05, 3.63) is 62.6 Å². The fourth-order valence-electron chi connectivity index (χ4n) is 1.79. The van der Waals surface area contributed by atoms with E-state index < -0.39 is 0 Å². The zero-order valence-electron chi connectivity index (χ0n) is 12.1. The van der Waals surface area contributed by atoms with E-state index in [1.165, 1.54) is 0 Å². The summed E-state index contributed by atoms with van der Waals surface area (Å²) in [4.78, 5) is 12.0. The van der Waals surface area contributed by atoms with E-state index in [1.807, 2.05) is 31.2 Å². The van der Waals surface area contributed by atoms with Gasteiger partial charge in [-0.25, -0.2) is 5.43 Å². The monoisotopic (exact) mass is 380 g/mol. The second kappa shape index (κ2) is 7.42. The molecule has 0 bridgehead atoms. The maximum Gasteiger partial charge on any atom is 0.272 e. The molecule has 2 rings (SSSR count). The summed E-state index contributed by atoms with van der Waals surface area (Å²) in [6.45, 7) is 1.91. The number of nitrogens with one attached hydrogen (secondary N) is 1. The van der Waals surface area contributed by atoms with Crippen LogP contribution >= 0.6 is 27.5 Å². The molecule has 0 aliphatic rings. The summed E-state index contributed by atoms with van der Waals surface area (Å²) in [5.74, 6) is 0.376. The molecular formula is C16H14BrClN2O2. The van der Waals surface area contributed by atoms with E-state index in [2.05, 4.69) is 26.5 Å². The van der Waals surface area contributed by atoms with Gasteiger partial charge in [0.05, 0.1) is 28.4 Å². The second-order valence-corrected chi connectivity index (χ2v) is 5.84. The molecule has 0 aliphatic carbocycles. The van der Waals surface area contributed by atoms with Crippen molar-refractivity contribution >= 4 is 39.7 Å². The van der Waals surface area contributed by atoms with Crippen molar-refractivity contribution in [3.63, 3.8) is 0 Å². The highest BCUT2D eigenvalue weighted by atomic mass is 79.9. The van der Waals surface area contributed by atoms with Gasteiger partial charge in [-0.1, -0.05) is 17.7 Å². The Hall–Kier alpha value is -1.85. The summed E-state index contributed by atoms with van der Waals surface area (Å²) in [5, 5.41) is 4.34. The highest BCUT2D eigenvalue weighted by molar-refractivity contribution is 9.10. The average molecular weight is 382 g/mol. The molecule has 0 spiro atoms. The SMILES string of the molecule is COc1ccc(/C=N\NC(=O)c2ccc(C)cc2Cl)cc1Br. The van der Waals surface area contributed by atoms with E-state index in [0.717, 1.165) is 21.3 Å². The van der Waals surface area contributed by atoms with Gasteiger partial charge in [0.15, 0.2) is 0 Å². The average Bonchev–Trinajstić information content (AvgIpc) is 2.47. The van der Waals surface area contributed by atoms with Gasteiger partial charge >= 0.3 is 0 Å². The molecule has 0 atom stereocenters.